The zero-order valence-electron chi connectivity index (χ0n) is 18.2. The van der Waals surface area contributed by atoms with Crippen LogP contribution in [0.25, 0.3) is 11.3 Å². The third kappa shape index (κ3) is 4.31. The number of aromatic amines is 1. The van der Waals surface area contributed by atoms with E-state index in [1.807, 2.05) is 35.2 Å². The summed E-state index contributed by atoms with van der Waals surface area (Å²) in [5, 5.41) is 8.22. The Balaban J connectivity index is 1.44. The van der Waals surface area contributed by atoms with Crippen LogP contribution < -0.4 is 19.1 Å². The van der Waals surface area contributed by atoms with Crippen LogP contribution in [0.3, 0.4) is 0 Å². The van der Waals surface area contributed by atoms with E-state index in [4.69, 9.17) is 25.8 Å². The molecule has 32 heavy (non-hydrogen) atoms. The van der Waals surface area contributed by atoms with Gasteiger partial charge in [0.2, 0.25) is 5.75 Å². The van der Waals surface area contributed by atoms with E-state index in [0.29, 0.717) is 54.0 Å². The lowest BCUT2D eigenvalue weighted by molar-refractivity contribution is 0.0745. The Kier molecular flexibility index (Phi) is 6.41. The zero-order valence-corrected chi connectivity index (χ0v) is 19.0. The fraction of sp³-hybridized carbons (Fsp3) is 0.304. The van der Waals surface area contributed by atoms with Gasteiger partial charge < -0.3 is 24.0 Å². The summed E-state index contributed by atoms with van der Waals surface area (Å²) in [6.07, 6.45) is 0. The van der Waals surface area contributed by atoms with Crippen LogP contribution in [-0.2, 0) is 0 Å². The number of nitrogens with zero attached hydrogens (tertiary/aromatic N) is 3. The van der Waals surface area contributed by atoms with Gasteiger partial charge in [0.25, 0.3) is 5.91 Å². The Morgan fingerprint density at radius 3 is 2.12 bits per heavy atom. The molecule has 0 bridgehead atoms. The average molecular weight is 457 g/mol. The van der Waals surface area contributed by atoms with Crippen LogP contribution >= 0.6 is 11.6 Å². The highest BCUT2D eigenvalue weighted by atomic mass is 35.5. The molecule has 1 aliphatic rings. The molecule has 3 aromatic rings. The Morgan fingerprint density at radius 2 is 1.56 bits per heavy atom. The molecule has 0 unspecified atom stereocenters. The highest BCUT2D eigenvalue weighted by Crippen LogP contribution is 2.38. The summed E-state index contributed by atoms with van der Waals surface area (Å²) in [5.41, 5.74) is 2.44. The molecule has 9 heteroatoms. The maximum Gasteiger partial charge on any atom is 0.254 e. The molecule has 168 valence electrons. The van der Waals surface area contributed by atoms with Crippen molar-refractivity contribution in [3.63, 3.8) is 0 Å². The van der Waals surface area contributed by atoms with Gasteiger partial charge in [0, 0.05) is 42.8 Å². The minimum absolute atomic E-state index is 0.0761. The van der Waals surface area contributed by atoms with E-state index in [0.717, 1.165) is 17.1 Å². The lowest BCUT2D eigenvalue weighted by Crippen LogP contribution is -2.49. The lowest BCUT2D eigenvalue weighted by atomic mass is 10.1. The second kappa shape index (κ2) is 9.40. The van der Waals surface area contributed by atoms with Crippen LogP contribution in [0.4, 0.5) is 5.82 Å². The Bertz CT molecular complexity index is 1070. The first-order chi connectivity index (χ1) is 15.5. The van der Waals surface area contributed by atoms with Gasteiger partial charge in [-0.1, -0.05) is 23.7 Å². The molecule has 0 aliphatic carbocycles. The second-order valence-electron chi connectivity index (χ2n) is 7.34. The molecule has 0 saturated carbocycles. The molecular weight excluding hydrogens is 432 g/mol. The third-order valence-corrected chi connectivity index (χ3v) is 5.77. The van der Waals surface area contributed by atoms with Crippen molar-refractivity contribution in [1.82, 2.24) is 15.1 Å². The van der Waals surface area contributed by atoms with Crippen molar-refractivity contribution < 1.29 is 19.0 Å². The number of rotatable bonds is 6. The zero-order chi connectivity index (χ0) is 22.7. The molecule has 1 fully saturated rings. The van der Waals surface area contributed by atoms with Crippen molar-refractivity contribution in [3.05, 3.63) is 53.1 Å². The summed E-state index contributed by atoms with van der Waals surface area (Å²) in [6, 6.07) is 13.0. The van der Waals surface area contributed by atoms with E-state index in [9.17, 15) is 4.79 Å². The molecule has 0 atom stereocenters. The highest BCUT2D eigenvalue weighted by Gasteiger charge is 2.25. The maximum atomic E-state index is 13.1. The molecule has 8 nitrogen and oxygen atoms in total. The van der Waals surface area contributed by atoms with Gasteiger partial charge in [0.1, 0.15) is 0 Å². The van der Waals surface area contributed by atoms with Gasteiger partial charge in [-0.15, -0.1) is 0 Å². The van der Waals surface area contributed by atoms with Crippen LogP contribution in [0, 0.1) is 0 Å². The first kappa shape index (κ1) is 21.8. The molecule has 0 spiro atoms. The molecule has 2 aromatic carbocycles. The summed E-state index contributed by atoms with van der Waals surface area (Å²) in [7, 11) is 4.60. The van der Waals surface area contributed by atoms with Crippen molar-refractivity contribution >= 4 is 23.3 Å². The van der Waals surface area contributed by atoms with Crippen molar-refractivity contribution in [1.29, 1.82) is 0 Å². The van der Waals surface area contributed by atoms with Gasteiger partial charge in [-0.05, 0) is 29.8 Å². The topological polar surface area (TPSA) is 79.9 Å². The van der Waals surface area contributed by atoms with Gasteiger partial charge in [0.15, 0.2) is 17.3 Å². The van der Waals surface area contributed by atoms with Gasteiger partial charge in [-0.3, -0.25) is 9.89 Å². The summed E-state index contributed by atoms with van der Waals surface area (Å²) in [5.74, 6) is 2.16. The first-order valence-electron chi connectivity index (χ1n) is 10.2. The molecule has 4 rings (SSSR count). The van der Waals surface area contributed by atoms with E-state index >= 15 is 0 Å². The molecule has 2 heterocycles. The Morgan fingerprint density at radius 1 is 0.938 bits per heavy atom. The fourth-order valence-corrected chi connectivity index (χ4v) is 3.90. The van der Waals surface area contributed by atoms with E-state index in [1.54, 1.807) is 12.1 Å². The van der Waals surface area contributed by atoms with Gasteiger partial charge in [0.05, 0.1) is 27.0 Å². The number of carbonyl (C=O) groups is 1. The molecule has 1 N–H and O–H groups in total. The SMILES string of the molecule is COc1cc(C(=O)N2CCN(c3cc(-c4ccc(Cl)cc4)[nH]n3)CC2)cc(OC)c1OC. The molecule has 1 aliphatic heterocycles. The number of nitrogens with one attached hydrogen (secondary N) is 1. The number of aromatic nitrogens is 2. The van der Waals surface area contributed by atoms with Crippen molar-refractivity contribution in [2.75, 3.05) is 52.4 Å². The predicted octanol–water partition coefficient (Wildman–Crippen LogP) is 3.72. The molecule has 0 radical (unpaired) electrons. The van der Waals surface area contributed by atoms with E-state index in [1.165, 1.54) is 21.3 Å². The predicted molar refractivity (Wildman–Crippen MR) is 123 cm³/mol. The summed E-state index contributed by atoms with van der Waals surface area (Å²) in [6.45, 7) is 2.53. The summed E-state index contributed by atoms with van der Waals surface area (Å²) >= 11 is 5.97. The molecule has 1 amide bonds. The minimum atomic E-state index is -0.0761. The van der Waals surface area contributed by atoms with Crippen LogP contribution in [0.2, 0.25) is 5.02 Å². The summed E-state index contributed by atoms with van der Waals surface area (Å²) in [4.78, 5) is 17.1. The van der Waals surface area contributed by atoms with Crippen molar-refractivity contribution in [3.8, 4) is 28.5 Å². The van der Waals surface area contributed by atoms with Gasteiger partial charge >= 0.3 is 0 Å². The molecular formula is C23H25ClN4O4. The summed E-state index contributed by atoms with van der Waals surface area (Å²) < 4.78 is 16.1. The first-order valence-corrected chi connectivity index (χ1v) is 10.6. The number of hydrogen-bond donors (Lipinski definition) is 1. The van der Waals surface area contributed by atoms with Crippen LogP contribution in [0.15, 0.2) is 42.5 Å². The second-order valence-corrected chi connectivity index (χ2v) is 7.78. The minimum Gasteiger partial charge on any atom is -0.493 e. The smallest absolute Gasteiger partial charge is 0.254 e. The Hall–Kier alpha value is -3.39. The van der Waals surface area contributed by atoms with Gasteiger partial charge in [-0.2, -0.15) is 5.10 Å². The van der Waals surface area contributed by atoms with Crippen LogP contribution in [0.5, 0.6) is 17.2 Å². The largest absolute Gasteiger partial charge is 0.493 e. The molecule has 1 aromatic heterocycles. The number of hydrogen-bond acceptors (Lipinski definition) is 6. The number of anilines is 1. The number of benzene rings is 2. The number of amides is 1. The number of methoxy groups -OCH3 is 3. The van der Waals surface area contributed by atoms with Crippen molar-refractivity contribution in [2.45, 2.75) is 0 Å². The van der Waals surface area contributed by atoms with E-state index in [2.05, 4.69) is 15.1 Å². The van der Waals surface area contributed by atoms with Crippen LogP contribution in [-0.4, -0.2) is 68.5 Å². The normalized spacial score (nSPS) is 13.8. The van der Waals surface area contributed by atoms with Gasteiger partial charge in [-0.25, -0.2) is 0 Å². The van der Waals surface area contributed by atoms with Crippen molar-refractivity contribution in [2.24, 2.45) is 0 Å². The number of carbonyl (C=O) groups excluding carboxylic acids is 1. The fourth-order valence-electron chi connectivity index (χ4n) is 3.78. The maximum absolute atomic E-state index is 13.1. The van der Waals surface area contributed by atoms with E-state index in [-0.39, 0.29) is 5.91 Å². The third-order valence-electron chi connectivity index (χ3n) is 5.52. The standard InChI is InChI=1S/C23H25ClN4O4/c1-30-19-12-16(13-20(31-2)22(19)32-3)23(29)28-10-8-27(9-11-28)21-14-18(25-26-21)15-4-6-17(24)7-5-15/h4-7,12-14H,8-11H2,1-3H3,(H,25,26). The number of ether oxygens (including phenoxy) is 3. The highest BCUT2D eigenvalue weighted by molar-refractivity contribution is 6.30. The number of H-pyrrole nitrogens is 1. The number of halogens is 1. The van der Waals surface area contributed by atoms with E-state index < -0.39 is 0 Å². The average Bonchev–Trinajstić information content (AvgIpc) is 3.33. The number of piperazine rings is 1. The Labute approximate surface area is 191 Å². The lowest BCUT2D eigenvalue weighted by Gasteiger charge is -2.35. The monoisotopic (exact) mass is 456 g/mol. The van der Waals surface area contributed by atoms with Crippen LogP contribution in [0.1, 0.15) is 10.4 Å². The molecule has 1 saturated heterocycles. The quantitative estimate of drug-likeness (QED) is 0.609.